The third kappa shape index (κ3) is 7.22. The van der Waals surface area contributed by atoms with Crippen LogP contribution in [0.4, 0.5) is 0 Å². The quantitative estimate of drug-likeness (QED) is 0.0950. The van der Waals surface area contributed by atoms with Crippen LogP contribution in [0.2, 0.25) is 5.02 Å². The zero-order valence-corrected chi connectivity index (χ0v) is 25.0. The molecule has 8 nitrogen and oxygen atoms in total. The van der Waals surface area contributed by atoms with Crippen LogP contribution in [-0.2, 0) is 11.3 Å². The minimum atomic E-state index is -0.374. The molecule has 0 atom stereocenters. The van der Waals surface area contributed by atoms with Crippen molar-refractivity contribution in [2.45, 2.75) is 20.5 Å². The molecule has 0 fully saturated rings. The molecular weight excluding hydrogens is 578 g/mol. The Morgan fingerprint density at radius 1 is 0.886 bits per heavy atom. The first-order valence-corrected chi connectivity index (χ1v) is 14.5. The number of hydrogen-bond acceptors (Lipinski definition) is 7. The van der Waals surface area contributed by atoms with E-state index in [1.165, 1.54) is 6.21 Å². The third-order valence-corrected chi connectivity index (χ3v) is 6.87. The van der Waals surface area contributed by atoms with Crippen molar-refractivity contribution in [1.82, 2.24) is 10.4 Å². The van der Waals surface area contributed by atoms with Crippen molar-refractivity contribution in [2.75, 3.05) is 13.2 Å². The minimum absolute atomic E-state index is 0.206. The number of nitrogens with one attached hydrogen (secondary N) is 1. The molecule has 0 unspecified atom stereocenters. The Kier molecular flexibility index (Phi) is 9.84. The first-order chi connectivity index (χ1) is 21.5. The van der Waals surface area contributed by atoms with Crippen LogP contribution in [-0.4, -0.2) is 36.3 Å². The number of carbonyl (C=O) groups excluding carboxylic acids is 2. The van der Waals surface area contributed by atoms with Crippen LogP contribution in [0.25, 0.3) is 22.2 Å². The summed E-state index contributed by atoms with van der Waals surface area (Å²) in [6, 6.07) is 29.3. The molecule has 0 saturated carbocycles. The van der Waals surface area contributed by atoms with Crippen molar-refractivity contribution >= 4 is 40.6 Å². The Bertz CT molecular complexity index is 1810. The maximum atomic E-state index is 13.3. The monoisotopic (exact) mass is 607 g/mol. The molecule has 0 spiro atoms. The molecule has 0 saturated heterocycles. The highest BCUT2D eigenvalue weighted by Crippen LogP contribution is 2.37. The predicted octanol–water partition coefficient (Wildman–Crippen LogP) is 7.47. The molecule has 1 aromatic heterocycles. The highest BCUT2D eigenvalue weighted by atomic mass is 35.5. The largest absolute Gasteiger partial charge is 0.490 e. The van der Waals surface area contributed by atoms with Gasteiger partial charge in [0, 0.05) is 10.9 Å². The van der Waals surface area contributed by atoms with Crippen molar-refractivity contribution in [3.8, 4) is 22.8 Å². The second-order valence-corrected chi connectivity index (χ2v) is 10.0. The number of rotatable bonds is 11. The molecule has 222 valence electrons. The number of esters is 1. The second-order valence-electron chi connectivity index (χ2n) is 9.61. The Labute approximate surface area is 260 Å². The third-order valence-electron chi connectivity index (χ3n) is 6.59. The van der Waals surface area contributed by atoms with E-state index in [4.69, 9.17) is 30.8 Å². The van der Waals surface area contributed by atoms with E-state index in [0.29, 0.717) is 57.6 Å². The number of hydrazone groups is 1. The number of carbonyl (C=O) groups is 2. The summed E-state index contributed by atoms with van der Waals surface area (Å²) in [7, 11) is 0. The number of amides is 1. The average molecular weight is 608 g/mol. The standard InChI is InChI=1S/C35H30ClN3O5/c1-3-42-32-19-24(18-29(36)33(32)44-22-23-14-16-26(17-15-23)35(41)43-4-2)21-37-39-34(40)28-20-31(25-10-6-5-7-11-25)38-30-13-9-8-12-27(28)30/h5-21H,3-4,22H2,1-2H3,(H,39,40)/b37-21-. The summed E-state index contributed by atoms with van der Waals surface area (Å²) in [5.74, 6) is 0.0626. The molecule has 44 heavy (non-hydrogen) atoms. The summed E-state index contributed by atoms with van der Waals surface area (Å²) in [4.78, 5) is 29.9. The highest BCUT2D eigenvalue weighted by molar-refractivity contribution is 6.32. The number of fused-ring (bicyclic) bond motifs is 1. The van der Waals surface area contributed by atoms with Gasteiger partial charge in [0.05, 0.1) is 46.8 Å². The summed E-state index contributed by atoms with van der Waals surface area (Å²) >= 11 is 6.59. The first-order valence-electron chi connectivity index (χ1n) is 14.1. The minimum Gasteiger partial charge on any atom is -0.490 e. The number of aromatic nitrogens is 1. The van der Waals surface area contributed by atoms with E-state index in [1.807, 2.05) is 61.5 Å². The number of benzene rings is 4. The van der Waals surface area contributed by atoms with E-state index in [0.717, 1.165) is 16.5 Å². The SMILES string of the molecule is CCOC(=O)c1ccc(COc2c(Cl)cc(/C=N\NC(=O)c3cc(-c4ccccc4)nc4ccccc34)cc2OCC)cc1. The van der Waals surface area contributed by atoms with Crippen molar-refractivity contribution in [1.29, 1.82) is 0 Å². The number of pyridine rings is 1. The Morgan fingerprint density at radius 3 is 2.39 bits per heavy atom. The topological polar surface area (TPSA) is 99.1 Å². The number of hydrogen-bond donors (Lipinski definition) is 1. The van der Waals surface area contributed by atoms with Gasteiger partial charge in [0.15, 0.2) is 11.5 Å². The lowest BCUT2D eigenvalue weighted by Crippen LogP contribution is -2.18. The van der Waals surface area contributed by atoms with E-state index < -0.39 is 0 Å². The van der Waals surface area contributed by atoms with Crippen LogP contribution >= 0.6 is 11.6 Å². The fourth-order valence-corrected chi connectivity index (χ4v) is 4.79. The van der Waals surface area contributed by atoms with Crippen LogP contribution in [0, 0.1) is 0 Å². The molecular formula is C35H30ClN3O5. The average Bonchev–Trinajstić information content (AvgIpc) is 3.04. The van der Waals surface area contributed by atoms with Gasteiger partial charge in [-0.2, -0.15) is 5.10 Å². The van der Waals surface area contributed by atoms with Crippen LogP contribution in [0.3, 0.4) is 0 Å². The highest BCUT2D eigenvalue weighted by Gasteiger charge is 2.15. The Morgan fingerprint density at radius 2 is 1.64 bits per heavy atom. The maximum Gasteiger partial charge on any atom is 0.338 e. The van der Waals surface area contributed by atoms with Crippen LogP contribution < -0.4 is 14.9 Å². The predicted molar refractivity (Wildman–Crippen MR) is 172 cm³/mol. The second kappa shape index (κ2) is 14.3. The Hall–Kier alpha value is -5.21. The summed E-state index contributed by atoms with van der Waals surface area (Å²) in [6.45, 7) is 4.52. The van der Waals surface area contributed by atoms with Gasteiger partial charge in [-0.3, -0.25) is 4.79 Å². The van der Waals surface area contributed by atoms with Gasteiger partial charge in [-0.15, -0.1) is 0 Å². The van der Waals surface area contributed by atoms with Gasteiger partial charge < -0.3 is 14.2 Å². The van der Waals surface area contributed by atoms with Crippen LogP contribution in [0.5, 0.6) is 11.5 Å². The molecule has 1 heterocycles. The molecule has 4 aromatic carbocycles. The van der Waals surface area contributed by atoms with Crippen LogP contribution in [0.1, 0.15) is 45.7 Å². The van der Waals surface area contributed by atoms with Crippen molar-refractivity contribution in [3.05, 3.63) is 124 Å². The molecule has 1 N–H and O–H groups in total. The van der Waals surface area contributed by atoms with E-state index in [2.05, 4.69) is 10.5 Å². The summed E-state index contributed by atoms with van der Waals surface area (Å²) in [6.07, 6.45) is 1.49. The molecule has 5 aromatic rings. The number of para-hydroxylation sites is 1. The molecule has 5 rings (SSSR count). The van der Waals surface area contributed by atoms with Crippen molar-refractivity contribution in [2.24, 2.45) is 5.10 Å². The Balaban J connectivity index is 1.31. The molecule has 1 amide bonds. The summed E-state index contributed by atoms with van der Waals surface area (Å²) in [5, 5.41) is 5.23. The van der Waals surface area contributed by atoms with E-state index in [9.17, 15) is 9.59 Å². The summed E-state index contributed by atoms with van der Waals surface area (Å²) < 4.78 is 16.8. The molecule has 0 aliphatic heterocycles. The van der Waals surface area contributed by atoms with E-state index >= 15 is 0 Å². The lowest BCUT2D eigenvalue weighted by Gasteiger charge is -2.14. The van der Waals surface area contributed by atoms with Gasteiger partial charge in [-0.25, -0.2) is 15.2 Å². The number of nitrogens with zero attached hydrogens (tertiary/aromatic N) is 2. The smallest absolute Gasteiger partial charge is 0.338 e. The summed E-state index contributed by atoms with van der Waals surface area (Å²) in [5.41, 5.74) is 7.30. The zero-order chi connectivity index (χ0) is 30.9. The van der Waals surface area contributed by atoms with Crippen LogP contribution in [0.15, 0.2) is 102 Å². The van der Waals surface area contributed by atoms with Gasteiger partial charge in [-0.05, 0) is 61.4 Å². The molecule has 9 heteroatoms. The molecule has 0 aliphatic rings. The molecule has 0 bridgehead atoms. The fourth-order valence-electron chi connectivity index (χ4n) is 4.52. The maximum absolute atomic E-state index is 13.3. The van der Waals surface area contributed by atoms with Crippen molar-refractivity contribution in [3.63, 3.8) is 0 Å². The zero-order valence-electron chi connectivity index (χ0n) is 24.2. The number of ether oxygens (including phenoxy) is 3. The molecule has 0 radical (unpaired) electrons. The van der Waals surface area contributed by atoms with Gasteiger partial charge in [-0.1, -0.05) is 72.3 Å². The van der Waals surface area contributed by atoms with Gasteiger partial charge in [0.2, 0.25) is 0 Å². The lowest BCUT2D eigenvalue weighted by molar-refractivity contribution is 0.0526. The fraction of sp³-hybridized carbons (Fsp3) is 0.143. The van der Waals surface area contributed by atoms with Gasteiger partial charge in [0.25, 0.3) is 5.91 Å². The van der Waals surface area contributed by atoms with Crippen molar-refractivity contribution < 1.29 is 23.8 Å². The van der Waals surface area contributed by atoms with Gasteiger partial charge >= 0.3 is 5.97 Å². The van der Waals surface area contributed by atoms with E-state index in [1.54, 1.807) is 49.4 Å². The first kappa shape index (κ1) is 30.3. The van der Waals surface area contributed by atoms with Gasteiger partial charge in [0.1, 0.15) is 6.61 Å². The normalized spacial score (nSPS) is 11.0. The number of halogens is 1. The van der Waals surface area contributed by atoms with E-state index in [-0.39, 0.29) is 18.5 Å². The lowest BCUT2D eigenvalue weighted by atomic mass is 10.0. The molecule has 0 aliphatic carbocycles.